The highest BCUT2D eigenvalue weighted by Gasteiger charge is 2.58. The Morgan fingerprint density at radius 3 is 2.42 bits per heavy atom. The molecule has 0 aromatic heterocycles. The maximum Gasteiger partial charge on any atom is 0.334 e. The molecule has 2 fully saturated rings. The fourth-order valence-corrected chi connectivity index (χ4v) is 4.02. The standard InChI is InChI=1S/C24H34O9/c1-8-12(4)22(28)31-18-13(5)9-10-15(25)24(7,30)20(33-21(27)11(2)3)19-16(17(18)26)14(6)23(29)32-19/h8,11,13,16-20,26,30H,6,9-10H2,1-5,7H3/b12-8-/t13-,16-,17+,18-,19+,20-,24+/m1/s1. The van der Waals surface area contributed by atoms with Crippen molar-refractivity contribution >= 4 is 23.7 Å². The van der Waals surface area contributed by atoms with E-state index < -0.39 is 71.5 Å². The Bertz CT molecular complexity index is 854. The molecule has 2 N–H and O–H groups in total. The zero-order chi connectivity index (χ0) is 25.2. The Labute approximate surface area is 193 Å². The van der Waals surface area contributed by atoms with Crippen LogP contribution in [0.4, 0.5) is 0 Å². The van der Waals surface area contributed by atoms with Crippen LogP contribution in [0.1, 0.15) is 54.4 Å². The summed E-state index contributed by atoms with van der Waals surface area (Å²) in [6.07, 6.45) is -3.99. The number of Topliss-reactive ketones (excluding diaryl/α,β-unsaturated/α-hetero) is 1. The van der Waals surface area contributed by atoms with Crippen LogP contribution >= 0.6 is 0 Å². The minimum Gasteiger partial charge on any atom is -0.456 e. The fourth-order valence-electron chi connectivity index (χ4n) is 4.02. The molecule has 33 heavy (non-hydrogen) atoms. The van der Waals surface area contributed by atoms with Crippen molar-refractivity contribution in [3.05, 3.63) is 23.8 Å². The first-order valence-corrected chi connectivity index (χ1v) is 11.1. The minimum atomic E-state index is -2.19. The summed E-state index contributed by atoms with van der Waals surface area (Å²) in [6, 6.07) is 0. The third-order valence-electron chi connectivity index (χ3n) is 6.48. The summed E-state index contributed by atoms with van der Waals surface area (Å²) in [5.74, 6) is -5.15. The highest BCUT2D eigenvalue weighted by molar-refractivity contribution is 5.92. The van der Waals surface area contributed by atoms with Gasteiger partial charge in [0.25, 0.3) is 0 Å². The van der Waals surface area contributed by atoms with Crippen molar-refractivity contribution in [1.82, 2.24) is 0 Å². The fraction of sp³-hybridized carbons (Fsp3) is 0.667. The van der Waals surface area contributed by atoms with E-state index in [4.69, 9.17) is 14.2 Å². The Kier molecular flexibility index (Phi) is 8.24. The summed E-state index contributed by atoms with van der Waals surface area (Å²) in [4.78, 5) is 50.3. The van der Waals surface area contributed by atoms with E-state index in [9.17, 15) is 29.4 Å². The Balaban J connectivity index is 2.58. The van der Waals surface area contributed by atoms with Crippen molar-refractivity contribution in [1.29, 1.82) is 0 Å². The molecule has 0 bridgehead atoms. The second kappa shape index (κ2) is 10.2. The molecule has 1 heterocycles. The molecule has 0 unspecified atom stereocenters. The number of fused-ring (bicyclic) bond motifs is 1. The van der Waals surface area contributed by atoms with Crippen LogP contribution in [0, 0.1) is 17.8 Å². The first-order valence-electron chi connectivity index (χ1n) is 11.1. The molecule has 0 radical (unpaired) electrons. The first kappa shape index (κ1) is 26.7. The van der Waals surface area contributed by atoms with Gasteiger partial charge in [-0.25, -0.2) is 9.59 Å². The predicted molar refractivity (Wildman–Crippen MR) is 117 cm³/mol. The van der Waals surface area contributed by atoms with Gasteiger partial charge in [-0.2, -0.15) is 0 Å². The molecule has 7 atom stereocenters. The molecule has 1 aliphatic carbocycles. The van der Waals surface area contributed by atoms with Gasteiger partial charge in [-0.1, -0.05) is 33.4 Å². The second-order valence-corrected chi connectivity index (χ2v) is 9.35. The van der Waals surface area contributed by atoms with E-state index in [0.29, 0.717) is 5.57 Å². The molecule has 0 spiro atoms. The highest BCUT2D eigenvalue weighted by Crippen LogP contribution is 2.41. The van der Waals surface area contributed by atoms with Crippen LogP contribution in [0.25, 0.3) is 0 Å². The Morgan fingerprint density at radius 1 is 1.27 bits per heavy atom. The van der Waals surface area contributed by atoms with Gasteiger partial charge in [0.2, 0.25) is 0 Å². The maximum absolute atomic E-state index is 13.0. The van der Waals surface area contributed by atoms with Gasteiger partial charge in [-0.05, 0) is 33.1 Å². The molecule has 1 saturated carbocycles. The van der Waals surface area contributed by atoms with Crippen LogP contribution in [0.3, 0.4) is 0 Å². The summed E-state index contributed by atoms with van der Waals surface area (Å²) in [7, 11) is 0. The Hall–Kier alpha value is -2.52. The average molecular weight is 467 g/mol. The predicted octanol–water partition coefficient (Wildman–Crippen LogP) is 1.64. The lowest BCUT2D eigenvalue weighted by Gasteiger charge is -2.40. The largest absolute Gasteiger partial charge is 0.456 e. The van der Waals surface area contributed by atoms with E-state index in [1.807, 2.05) is 0 Å². The van der Waals surface area contributed by atoms with Gasteiger partial charge in [0, 0.05) is 17.6 Å². The third kappa shape index (κ3) is 5.35. The smallest absolute Gasteiger partial charge is 0.334 e. The quantitative estimate of drug-likeness (QED) is 0.360. The number of aliphatic hydroxyl groups is 2. The molecule has 0 aromatic carbocycles. The number of rotatable bonds is 4. The van der Waals surface area contributed by atoms with Crippen LogP contribution in [0.5, 0.6) is 0 Å². The Morgan fingerprint density at radius 2 is 1.88 bits per heavy atom. The normalized spacial score (nSPS) is 35.7. The van der Waals surface area contributed by atoms with Gasteiger partial charge in [-0.3, -0.25) is 9.59 Å². The SMILES string of the molecule is C=C1C(=O)O[C@H]2[C@H]1[C@H](O)[C@H](OC(=O)/C(C)=C\C)[C@H](C)CCC(=O)[C@](C)(O)[C@@H]2OC(=O)C(C)C. The van der Waals surface area contributed by atoms with Crippen LogP contribution in [0.15, 0.2) is 23.8 Å². The number of ketones is 1. The lowest BCUT2D eigenvalue weighted by molar-refractivity contribution is -0.198. The van der Waals surface area contributed by atoms with Crippen molar-refractivity contribution in [3.8, 4) is 0 Å². The summed E-state index contributed by atoms with van der Waals surface area (Å²) in [5.41, 5.74) is -2.00. The number of aliphatic hydroxyl groups excluding tert-OH is 1. The summed E-state index contributed by atoms with van der Waals surface area (Å²) >= 11 is 0. The molecular formula is C24H34O9. The zero-order valence-corrected chi connectivity index (χ0v) is 20.0. The topological polar surface area (TPSA) is 136 Å². The van der Waals surface area contributed by atoms with Gasteiger partial charge >= 0.3 is 17.9 Å². The van der Waals surface area contributed by atoms with Crippen molar-refractivity contribution in [2.45, 2.75) is 84.4 Å². The van der Waals surface area contributed by atoms with Gasteiger partial charge in [-0.15, -0.1) is 0 Å². The zero-order valence-electron chi connectivity index (χ0n) is 20.0. The lowest BCUT2D eigenvalue weighted by Crippen LogP contribution is -2.59. The van der Waals surface area contributed by atoms with E-state index >= 15 is 0 Å². The summed E-state index contributed by atoms with van der Waals surface area (Å²) in [6.45, 7) is 13.0. The molecule has 1 saturated heterocycles. The molecular weight excluding hydrogens is 432 g/mol. The van der Waals surface area contributed by atoms with E-state index in [2.05, 4.69) is 6.58 Å². The van der Waals surface area contributed by atoms with Crippen LogP contribution < -0.4 is 0 Å². The number of carbonyl (C=O) groups excluding carboxylic acids is 4. The monoisotopic (exact) mass is 466 g/mol. The second-order valence-electron chi connectivity index (χ2n) is 9.35. The number of ether oxygens (including phenoxy) is 3. The van der Waals surface area contributed by atoms with Gasteiger partial charge < -0.3 is 24.4 Å². The molecule has 1 aliphatic heterocycles. The van der Waals surface area contributed by atoms with Crippen molar-refractivity contribution in [2.75, 3.05) is 0 Å². The lowest BCUT2D eigenvalue weighted by atomic mass is 9.75. The molecule has 2 aliphatic rings. The van der Waals surface area contributed by atoms with E-state index in [-0.39, 0.29) is 18.4 Å². The summed E-state index contributed by atoms with van der Waals surface area (Å²) in [5, 5.41) is 22.5. The molecule has 0 aromatic rings. The number of hydrogen-bond acceptors (Lipinski definition) is 9. The first-order chi connectivity index (χ1) is 15.2. The highest BCUT2D eigenvalue weighted by atomic mass is 16.6. The minimum absolute atomic E-state index is 0.127. The molecule has 9 heteroatoms. The van der Waals surface area contributed by atoms with Crippen molar-refractivity contribution < 1.29 is 43.6 Å². The van der Waals surface area contributed by atoms with E-state index in [0.717, 1.165) is 0 Å². The third-order valence-corrected chi connectivity index (χ3v) is 6.48. The molecule has 184 valence electrons. The van der Waals surface area contributed by atoms with Gasteiger partial charge in [0.1, 0.15) is 12.2 Å². The van der Waals surface area contributed by atoms with Crippen molar-refractivity contribution in [3.63, 3.8) is 0 Å². The number of allylic oxidation sites excluding steroid dienone is 1. The van der Waals surface area contributed by atoms with Crippen molar-refractivity contribution in [2.24, 2.45) is 17.8 Å². The van der Waals surface area contributed by atoms with E-state index in [1.54, 1.807) is 40.7 Å². The van der Waals surface area contributed by atoms with Crippen LogP contribution in [0.2, 0.25) is 0 Å². The number of esters is 3. The van der Waals surface area contributed by atoms with Gasteiger partial charge in [0.05, 0.1) is 11.8 Å². The average Bonchev–Trinajstić information content (AvgIpc) is 3.05. The van der Waals surface area contributed by atoms with Gasteiger partial charge in [0.15, 0.2) is 23.6 Å². The number of hydrogen-bond donors (Lipinski definition) is 2. The number of carbonyl (C=O) groups is 4. The van der Waals surface area contributed by atoms with Crippen LogP contribution in [-0.2, 0) is 33.4 Å². The maximum atomic E-state index is 13.0. The van der Waals surface area contributed by atoms with Crippen LogP contribution in [-0.4, -0.2) is 63.9 Å². The molecule has 2 rings (SSSR count). The molecule has 9 nitrogen and oxygen atoms in total. The summed E-state index contributed by atoms with van der Waals surface area (Å²) < 4.78 is 16.4. The van der Waals surface area contributed by atoms with E-state index in [1.165, 1.54) is 6.92 Å². The molecule has 0 amide bonds.